The number of halogens is 1. The summed E-state index contributed by atoms with van der Waals surface area (Å²) < 4.78 is 1.14. The van der Waals surface area contributed by atoms with Crippen molar-refractivity contribution in [1.82, 2.24) is 10.6 Å². The molecule has 0 radical (unpaired) electrons. The molecule has 1 heterocycles. The molecule has 0 aromatic heterocycles. The summed E-state index contributed by atoms with van der Waals surface area (Å²) >= 11 is 3.43. The molecule has 2 N–H and O–H groups in total. The van der Waals surface area contributed by atoms with Gasteiger partial charge in [0.1, 0.15) is 0 Å². The second-order valence-corrected chi connectivity index (χ2v) is 4.70. The maximum atomic E-state index is 3.47. The van der Waals surface area contributed by atoms with Crippen molar-refractivity contribution in [2.24, 2.45) is 5.92 Å². The van der Waals surface area contributed by atoms with Crippen molar-refractivity contribution in [3.05, 3.63) is 34.3 Å². The van der Waals surface area contributed by atoms with E-state index in [0.717, 1.165) is 23.5 Å². The molecule has 0 spiro atoms. The Labute approximate surface area is 93.2 Å². The Kier molecular flexibility index (Phi) is 3.56. The molecule has 2 rings (SSSR count). The Morgan fingerprint density at radius 2 is 2.00 bits per heavy atom. The van der Waals surface area contributed by atoms with Gasteiger partial charge in [0, 0.05) is 30.7 Å². The van der Waals surface area contributed by atoms with Gasteiger partial charge >= 0.3 is 0 Å². The lowest BCUT2D eigenvalue weighted by atomic mass is 10.0. The van der Waals surface area contributed by atoms with Crippen LogP contribution in [0.5, 0.6) is 0 Å². The van der Waals surface area contributed by atoms with Crippen LogP contribution in [-0.2, 0) is 6.54 Å². The van der Waals surface area contributed by atoms with Gasteiger partial charge in [0.05, 0.1) is 0 Å². The lowest BCUT2D eigenvalue weighted by molar-refractivity contribution is 0.331. The summed E-state index contributed by atoms with van der Waals surface area (Å²) in [5, 5.41) is 6.74. The summed E-state index contributed by atoms with van der Waals surface area (Å²) in [5.74, 6) is 0.838. The van der Waals surface area contributed by atoms with Crippen LogP contribution in [0.4, 0.5) is 0 Å². The summed E-state index contributed by atoms with van der Waals surface area (Å²) in [6.45, 7) is 4.45. The third kappa shape index (κ3) is 2.80. The highest BCUT2D eigenvalue weighted by atomic mass is 79.9. The van der Waals surface area contributed by atoms with E-state index in [4.69, 9.17) is 0 Å². The Morgan fingerprint density at radius 1 is 1.29 bits per heavy atom. The molecule has 0 bridgehead atoms. The molecule has 1 aromatic carbocycles. The van der Waals surface area contributed by atoms with E-state index in [0.29, 0.717) is 0 Å². The summed E-state index contributed by atoms with van der Waals surface area (Å²) in [4.78, 5) is 0. The first-order chi connectivity index (χ1) is 6.84. The molecule has 0 unspecified atom stereocenters. The molecule has 1 aliphatic rings. The highest BCUT2D eigenvalue weighted by Crippen LogP contribution is 2.10. The predicted molar refractivity (Wildman–Crippen MR) is 62.2 cm³/mol. The molecule has 1 aliphatic heterocycles. The van der Waals surface area contributed by atoms with Gasteiger partial charge in [-0.3, -0.25) is 0 Å². The smallest absolute Gasteiger partial charge is 0.0205 e. The van der Waals surface area contributed by atoms with Crippen LogP contribution in [0.3, 0.4) is 0 Å². The van der Waals surface area contributed by atoms with Crippen LogP contribution < -0.4 is 10.6 Å². The highest BCUT2D eigenvalue weighted by molar-refractivity contribution is 9.10. The van der Waals surface area contributed by atoms with Crippen LogP contribution in [0, 0.1) is 5.92 Å². The van der Waals surface area contributed by atoms with E-state index in [1.807, 2.05) is 0 Å². The van der Waals surface area contributed by atoms with E-state index in [1.165, 1.54) is 18.7 Å². The Hall–Kier alpha value is -0.380. The van der Waals surface area contributed by atoms with Gasteiger partial charge in [-0.2, -0.15) is 0 Å². The Bertz CT molecular complexity index is 280. The molecule has 76 valence electrons. The zero-order valence-electron chi connectivity index (χ0n) is 8.09. The number of nitrogens with one attached hydrogen (secondary N) is 2. The van der Waals surface area contributed by atoms with Gasteiger partial charge in [0.25, 0.3) is 0 Å². The largest absolute Gasteiger partial charge is 0.316 e. The molecule has 1 saturated heterocycles. The minimum absolute atomic E-state index is 0.838. The second-order valence-electron chi connectivity index (χ2n) is 3.78. The minimum atomic E-state index is 0.838. The SMILES string of the molecule is Brc1ccc(CNCC2CNC2)cc1. The van der Waals surface area contributed by atoms with Crippen LogP contribution >= 0.6 is 15.9 Å². The van der Waals surface area contributed by atoms with Crippen molar-refractivity contribution in [2.45, 2.75) is 6.54 Å². The van der Waals surface area contributed by atoms with Gasteiger partial charge in [0.15, 0.2) is 0 Å². The molecular weight excluding hydrogens is 240 g/mol. The first-order valence-corrected chi connectivity index (χ1v) is 5.80. The maximum Gasteiger partial charge on any atom is 0.0205 e. The van der Waals surface area contributed by atoms with Gasteiger partial charge in [-0.1, -0.05) is 28.1 Å². The Balaban J connectivity index is 1.71. The number of rotatable bonds is 4. The number of hydrogen-bond acceptors (Lipinski definition) is 2. The van der Waals surface area contributed by atoms with Crippen LogP contribution in [-0.4, -0.2) is 19.6 Å². The first-order valence-electron chi connectivity index (χ1n) is 5.00. The summed E-state index contributed by atoms with van der Waals surface area (Å²) in [6.07, 6.45) is 0. The standard InChI is InChI=1S/C11H15BrN2/c12-11-3-1-9(2-4-11)5-13-6-10-7-14-8-10/h1-4,10,13-14H,5-8H2. The van der Waals surface area contributed by atoms with Gasteiger partial charge in [-0.15, -0.1) is 0 Å². The van der Waals surface area contributed by atoms with E-state index in [2.05, 4.69) is 50.8 Å². The molecule has 0 atom stereocenters. The van der Waals surface area contributed by atoms with Crippen LogP contribution in [0.15, 0.2) is 28.7 Å². The van der Waals surface area contributed by atoms with Crippen molar-refractivity contribution in [3.8, 4) is 0 Å². The van der Waals surface area contributed by atoms with Crippen LogP contribution in [0.25, 0.3) is 0 Å². The van der Waals surface area contributed by atoms with Gasteiger partial charge < -0.3 is 10.6 Å². The fraction of sp³-hybridized carbons (Fsp3) is 0.455. The van der Waals surface area contributed by atoms with Crippen molar-refractivity contribution in [1.29, 1.82) is 0 Å². The molecule has 3 heteroatoms. The predicted octanol–water partition coefficient (Wildman–Crippen LogP) is 1.76. The van der Waals surface area contributed by atoms with Crippen molar-refractivity contribution < 1.29 is 0 Å². The van der Waals surface area contributed by atoms with E-state index < -0.39 is 0 Å². The van der Waals surface area contributed by atoms with E-state index in [9.17, 15) is 0 Å². The maximum absolute atomic E-state index is 3.47. The van der Waals surface area contributed by atoms with Crippen molar-refractivity contribution >= 4 is 15.9 Å². The molecule has 0 amide bonds. The molecule has 14 heavy (non-hydrogen) atoms. The lowest BCUT2D eigenvalue weighted by Gasteiger charge is -2.27. The normalized spacial score (nSPS) is 16.6. The van der Waals surface area contributed by atoms with Gasteiger partial charge in [0.2, 0.25) is 0 Å². The fourth-order valence-electron chi connectivity index (χ4n) is 1.52. The number of benzene rings is 1. The first kappa shape index (κ1) is 10.1. The van der Waals surface area contributed by atoms with Gasteiger partial charge in [-0.05, 0) is 23.6 Å². The van der Waals surface area contributed by atoms with Crippen LogP contribution in [0.1, 0.15) is 5.56 Å². The quantitative estimate of drug-likeness (QED) is 0.856. The average molecular weight is 255 g/mol. The lowest BCUT2D eigenvalue weighted by Crippen LogP contribution is -2.47. The van der Waals surface area contributed by atoms with Crippen molar-refractivity contribution in [3.63, 3.8) is 0 Å². The molecular formula is C11H15BrN2. The van der Waals surface area contributed by atoms with E-state index in [-0.39, 0.29) is 0 Å². The second kappa shape index (κ2) is 4.91. The molecule has 0 saturated carbocycles. The zero-order valence-corrected chi connectivity index (χ0v) is 9.68. The minimum Gasteiger partial charge on any atom is -0.316 e. The third-order valence-electron chi connectivity index (χ3n) is 2.54. The molecule has 2 nitrogen and oxygen atoms in total. The van der Waals surface area contributed by atoms with Crippen molar-refractivity contribution in [2.75, 3.05) is 19.6 Å². The zero-order chi connectivity index (χ0) is 9.80. The topological polar surface area (TPSA) is 24.1 Å². The highest BCUT2D eigenvalue weighted by Gasteiger charge is 2.15. The molecule has 0 aliphatic carbocycles. The van der Waals surface area contributed by atoms with E-state index >= 15 is 0 Å². The van der Waals surface area contributed by atoms with E-state index in [1.54, 1.807) is 0 Å². The summed E-state index contributed by atoms with van der Waals surface area (Å²) in [6, 6.07) is 8.47. The molecule has 1 fully saturated rings. The third-order valence-corrected chi connectivity index (χ3v) is 3.07. The number of hydrogen-bond donors (Lipinski definition) is 2. The monoisotopic (exact) mass is 254 g/mol. The molecule has 1 aromatic rings. The van der Waals surface area contributed by atoms with Gasteiger partial charge in [-0.25, -0.2) is 0 Å². The fourth-order valence-corrected chi connectivity index (χ4v) is 1.78. The van der Waals surface area contributed by atoms with Crippen LogP contribution in [0.2, 0.25) is 0 Å². The summed E-state index contributed by atoms with van der Waals surface area (Å²) in [5.41, 5.74) is 1.35. The summed E-state index contributed by atoms with van der Waals surface area (Å²) in [7, 11) is 0. The Morgan fingerprint density at radius 3 is 2.57 bits per heavy atom. The average Bonchev–Trinajstić information content (AvgIpc) is 2.12.